The van der Waals surface area contributed by atoms with Crippen molar-refractivity contribution in [3.8, 4) is 6.07 Å². The van der Waals surface area contributed by atoms with Crippen LogP contribution in [0.2, 0.25) is 0 Å². The average molecular weight is 265 g/mol. The molecule has 3 rings (SSSR count). The number of nitrogens with zero attached hydrogens (tertiary/aromatic N) is 6. The molecule has 7 nitrogen and oxygen atoms in total. The summed E-state index contributed by atoms with van der Waals surface area (Å²) in [4.78, 5) is 0. The highest BCUT2D eigenvalue weighted by Crippen LogP contribution is 2.23. The molecule has 0 unspecified atom stereocenters. The van der Waals surface area contributed by atoms with E-state index in [2.05, 4.69) is 31.9 Å². The molecule has 0 fully saturated rings. The van der Waals surface area contributed by atoms with Gasteiger partial charge in [0, 0.05) is 18.1 Å². The molecule has 0 radical (unpaired) electrons. The highest BCUT2D eigenvalue weighted by molar-refractivity contribution is 5.92. The van der Waals surface area contributed by atoms with Crippen molar-refractivity contribution < 1.29 is 0 Å². The minimum absolute atomic E-state index is 0.294. The highest BCUT2D eigenvalue weighted by atomic mass is 15.4. The molecule has 2 aromatic heterocycles. The second kappa shape index (κ2) is 5.32. The molecule has 0 aliphatic heterocycles. The van der Waals surface area contributed by atoms with Crippen LogP contribution in [0.5, 0.6) is 0 Å². The number of anilines is 1. The van der Waals surface area contributed by atoms with E-state index < -0.39 is 0 Å². The Morgan fingerprint density at radius 1 is 1.25 bits per heavy atom. The van der Waals surface area contributed by atoms with Gasteiger partial charge in [0.2, 0.25) is 0 Å². The first-order chi connectivity index (χ1) is 9.88. The van der Waals surface area contributed by atoms with Gasteiger partial charge in [-0.2, -0.15) is 5.26 Å². The summed E-state index contributed by atoms with van der Waals surface area (Å²) in [5.74, 6) is 0. The van der Waals surface area contributed by atoms with Crippen LogP contribution in [0.1, 0.15) is 5.69 Å². The van der Waals surface area contributed by atoms with Crippen molar-refractivity contribution in [1.29, 1.82) is 5.26 Å². The van der Waals surface area contributed by atoms with Crippen LogP contribution in [-0.4, -0.2) is 31.7 Å². The fraction of sp³-hybridized carbons (Fsp3) is 0.154. The summed E-state index contributed by atoms with van der Waals surface area (Å²) in [6, 6.07) is 9.65. The van der Waals surface area contributed by atoms with Crippen LogP contribution in [0.25, 0.3) is 10.9 Å². The zero-order valence-electron chi connectivity index (χ0n) is 10.6. The van der Waals surface area contributed by atoms with E-state index >= 15 is 0 Å². The Balaban J connectivity index is 1.87. The molecule has 0 aliphatic carbocycles. The van der Waals surface area contributed by atoms with E-state index in [9.17, 15) is 0 Å². The second-order valence-corrected chi connectivity index (χ2v) is 4.15. The molecule has 2 heterocycles. The van der Waals surface area contributed by atoms with Crippen LogP contribution in [-0.2, 0) is 6.54 Å². The Morgan fingerprint density at radius 3 is 2.95 bits per heavy atom. The largest absolute Gasteiger partial charge is 0.380 e. The smallest absolute Gasteiger partial charge is 0.186 e. The standard InChI is InChI=1S/C13H11N7/c14-9-12-13(15-5-7-20-8-6-16-19-20)10-3-1-2-4-11(10)17-18-12/h1-4,6,8H,5,7H2,(H,15,17). The maximum absolute atomic E-state index is 9.14. The topological polar surface area (TPSA) is 92.3 Å². The number of aromatic nitrogens is 5. The maximum Gasteiger partial charge on any atom is 0.186 e. The van der Waals surface area contributed by atoms with Gasteiger partial charge in [-0.3, -0.25) is 4.68 Å². The van der Waals surface area contributed by atoms with Gasteiger partial charge >= 0.3 is 0 Å². The first kappa shape index (κ1) is 12.0. The van der Waals surface area contributed by atoms with Gasteiger partial charge in [-0.15, -0.1) is 15.3 Å². The lowest BCUT2D eigenvalue weighted by atomic mass is 10.1. The van der Waals surface area contributed by atoms with Crippen LogP contribution in [0.4, 0.5) is 5.69 Å². The molecule has 1 aromatic carbocycles. The van der Waals surface area contributed by atoms with Crippen molar-refractivity contribution in [2.24, 2.45) is 0 Å². The number of fused-ring (bicyclic) bond motifs is 1. The molecule has 98 valence electrons. The normalized spacial score (nSPS) is 10.3. The Bertz CT molecular complexity index is 758. The van der Waals surface area contributed by atoms with Crippen molar-refractivity contribution in [3.63, 3.8) is 0 Å². The molecule has 0 bridgehead atoms. The molecule has 1 N–H and O–H groups in total. The molecule has 0 aliphatic rings. The zero-order valence-corrected chi connectivity index (χ0v) is 10.6. The van der Waals surface area contributed by atoms with Crippen molar-refractivity contribution >= 4 is 16.6 Å². The monoisotopic (exact) mass is 265 g/mol. The fourth-order valence-corrected chi connectivity index (χ4v) is 1.96. The SMILES string of the molecule is N#Cc1nnc2ccccc2c1NCCn1ccnn1. The molecule has 0 saturated carbocycles. The third-order valence-electron chi connectivity index (χ3n) is 2.89. The summed E-state index contributed by atoms with van der Waals surface area (Å²) in [5, 5.41) is 28.9. The zero-order chi connectivity index (χ0) is 13.8. The number of hydrogen-bond donors (Lipinski definition) is 1. The quantitative estimate of drug-likeness (QED) is 0.762. The summed E-state index contributed by atoms with van der Waals surface area (Å²) in [5.41, 5.74) is 1.76. The first-order valence-electron chi connectivity index (χ1n) is 6.12. The maximum atomic E-state index is 9.14. The molecule has 0 amide bonds. The van der Waals surface area contributed by atoms with Crippen LogP contribution < -0.4 is 5.32 Å². The molecule has 20 heavy (non-hydrogen) atoms. The van der Waals surface area contributed by atoms with E-state index in [-0.39, 0.29) is 0 Å². The van der Waals surface area contributed by atoms with E-state index in [4.69, 9.17) is 5.26 Å². The molecule has 0 spiro atoms. The predicted octanol–water partition coefficient (Wildman–Crippen LogP) is 1.21. The minimum Gasteiger partial charge on any atom is -0.380 e. The van der Waals surface area contributed by atoms with Gasteiger partial charge in [-0.1, -0.05) is 23.4 Å². The van der Waals surface area contributed by atoms with Gasteiger partial charge < -0.3 is 5.32 Å². The van der Waals surface area contributed by atoms with E-state index in [0.717, 1.165) is 10.9 Å². The lowest BCUT2D eigenvalue weighted by Gasteiger charge is -2.10. The number of nitriles is 1. The van der Waals surface area contributed by atoms with Crippen molar-refractivity contribution in [2.75, 3.05) is 11.9 Å². The Kier molecular flexibility index (Phi) is 3.20. The minimum atomic E-state index is 0.294. The van der Waals surface area contributed by atoms with Gasteiger partial charge in [0.15, 0.2) is 5.69 Å². The Hall–Kier alpha value is -3.01. The number of hydrogen-bond acceptors (Lipinski definition) is 6. The summed E-state index contributed by atoms with van der Waals surface area (Å²) < 4.78 is 1.72. The summed E-state index contributed by atoms with van der Waals surface area (Å²) >= 11 is 0. The summed E-state index contributed by atoms with van der Waals surface area (Å²) in [6.45, 7) is 1.27. The van der Waals surface area contributed by atoms with Crippen molar-refractivity contribution in [1.82, 2.24) is 25.2 Å². The van der Waals surface area contributed by atoms with Crippen LogP contribution >= 0.6 is 0 Å². The van der Waals surface area contributed by atoms with E-state index in [1.54, 1.807) is 17.1 Å². The molecular formula is C13H11N7. The van der Waals surface area contributed by atoms with Gasteiger partial charge in [-0.05, 0) is 6.07 Å². The molecule has 0 atom stereocenters. The molecule has 0 saturated heterocycles. The first-order valence-corrected chi connectivity index (χ1v) is 6.12. The summed E-state index contributed by atoms with van der Waals surface area (Å²) in [6.07, 6.45) is 3.42. The third-order valence-corrected chi connectivity index (χ3v) is 2.89. The van der Waals surface area contributed by atoms with Gasteiger partial charge in [0.05, 0.1) is 23.9 Å². The second-order valence-electron chi connectivity index (χ2n) is 4.15. The number of rotatable bonds is 4. The van der Waals surface area contributed by atoms with Crippen LogP contribution in [0.15, 0.2) is 36.7 Å². The Labute approximate surface area is 114 Å². The number of benzene rings is 1. The lowest BCUT2D eigenvalue weighted by Crippen LogP contribution is -2.13. The predicted molar refractivity (Wildman–Crippen MR) is 72.8 cm³/mol. The van der Waals surface area contributed by atoms with Crippen molar-refractivity contribution in [3.05, 3.63) is 42.4 Å². The lowest BCUT2D eigenvalue weighted by molar-refractivity contribution is 0.609. The van der Waals surface area contributed by atoms with E-state index in [1.165, 1.54) is 0 Å². The average Bonchev–Trinajstić information content (AvgIpc) is 3.00. The van der Waals surface area contributed by atoms with E-state index in [0.29, 0.717) is 24.5 Å². The highest BCUT2D eigenvalue weighted by Gasteiger charge is 2.09. The molecule has 3 aromatic rings. The summed E-state index contributed by atoms with van der Waals surface area (Å²) in [7, 11) is 0. The van der Waals surface area contributed by atoms with E-state index in [1.807, 2.05) is 24.3 Å². The van der Waals surface area contributed by atoms with Crippen LogP contribution in [0, 0.1) is 11.3 Å². The molecule has 7 heteroatoms. The van der Waals surface area contributed by atoms with Crippen LogP contribution in [0.3, 0.4) is 0 Å². The number of nitrogens with one attached hydrogen (secondary N) is 1. The van der Waals surface area contributed by atoms with Gasteiger partial charge in [0.1, 0.15) is 6.07 Å². The van der Waals surface area contributed by atoms with Crippen molar-refractivity contribution in [2.45, 2.75) is 6.54 Å². The Morgan fingerprint density at radius 2 is 2.15 bits per heavy atom. The fourth-order valence-electron chi connectivity index (χ4n) is 1.96. The van der Waals surface area contributed by atoms with Gasteiger partial charge in [0.25, 0.3) is 0 Å². The molecular weight excluding hydrogens is 254 g/mol. The third kappa shape index (κ3) is 2.27. The van der Waals surface area contributed by atoms with Gasteiger partial charge in [-0.25, -0.2) is 0 Å².